The predicted octanol–water partition coefficient (Wildman–Crippen LogP) is 4.18. The summed E-state index contributed by atoms with van der Waals surface area (Å²) in [5.74, 6) is 0.319. The maximum absolute atomic E-state index is 14.7. The summed E-state index contributed by atoms with van der Waals surface area (Å²) < 4.78 is 14.7. The molecule has 0 N–H and O–H groups in total. The van der Waals surface area contributed by atoms with E-state index in [1.807, 2.05) is 31.2 Å². The van der Waals surface area contributed by atoms with Crippen LogP contribution >= 0.6 is 0 Å². The molecule has 2 aromatic carbocycles. The molecule has 4 rings (SSSR count). The van der Waals surface area contributed by atoms with Crippen LogP contribution in [0.4, 0.5) is 15.8 Å². The summed E-state index contributed by atoms with van der Waals surface area (Å²) in [6.45, 7) is 6.61. The zero-order valence-electron chi connectivity index (χ0n) is 14.8. The van der Waals surface area contributed by atoms with E-state index in [-0.39, 0.29) is 11.7 Å². The lowest BCUT2D eigenvalue weighted by Crippen LogP contribution is -2.37. The summed E-state index contributed by atoms with van der Waals surface area (Å²) in [6, 6.07) is 11.1. The van der Waals surface area contributed by atoms with E-state index in [1.54, 1.807) is 4.90 Å². The first-order valence-corrected chi connectivity index (χ1v) is 8.99. The molecule has 0 bridgehead atoms. The van der Waals surface area contributed by atoms with E-state index >= 15 is 0 Å². The van der Waals surface area contributed by atoms with Gasteiger partial charge in [-0.3, -0.25) is 4.79 Å². The van der Waals surface area contributed by atoms with Crippen LogP contribution in [-0.4, -0.2) is 25.5 Å². The number of hydrogen-bond donors (Lipinski definition) is 0. The molecule has 0 radical (unpaired) electrons. The maximum atomic E-state index is 14.7. The first-order valence-electron chi connectivity index (χ1n) is 8.99. The van der Waals surface area contributed by atoms with E-state index in [2.05, 4.69) is 17.9 Å². The molecule has 1 amide bonds. The monoisotopic (exact) mass is 338 g/mol. The van der Waals surface area contributed by atoms with Gasteiger partial charge in [0.15, 0.2) is 0 Å². The molecule has 0 aromatic heterocycles. The number of rotatable bonds is 2. The summed E-state index contributed by atoms with van der Waals surface area (Å²) in [5.41, 5.74) is 4.27. The number of carbonyl (C=O) groups excluding carboxylic acids is 1. The zero-order valence-corrected chi connectivity index (χ0v) is 14.8. The van der Waals surface area contributed by atoms with Crippen LogP contribution in [0.5, 0.6) is 0 Å². The lowest BCUT2D eigenvalue weighted by atomic mass is 9.96. The zero-order chi connectivity index (χ0) is 17.6. The Labute approximate surface area is 148 Å². The van der Waals surface area contributed by atoms with Crippen LogP contribution in [0.15, 0.2) is 36.4 Å². The average Bonchev–Trinajstić information content (AvgIpc) is 3.01. The van der Waals surface area contributed by atoms with Crippen LogP contribution in [0.2, 0.25) is 0 Å². The second-order valence-electron chi connectivity index (χ2n) is 7.34. The van der Waals surface area contributed by atoms with Gasteiger partial charge >= 0.3 is 0 Å². The lowest BCUT2D eigenvalue weighted by molar-refractivity contribution is 0.0980. The number of fused-ring (bicyclic) bond motifs is 1. The summed E-state index contributed by atoms with van der Waals surface area (Å²) in [4.78, 5) is 16.6. The van der Waals surface area contributed by atoms with Crippen molar-refractivity contribution < 1.29 is 9.18 Å². The molecule has 2 aliphatic rings. The molecule has 4 heteroatoms. The van der Waals surface area contributed by atoms with Gasteiger partial charge in [-0.1, -0.05) is 24.6 Å². The van der Waals surface area contributed by atoms with Crippen molar-refractivity contribution in [3.63, 3.8) is 0 Å². The van der Waals surface area contributed by atoms with E-state index < -0.39 is 0 Å². The maximum Gasteiger partial charge on any atom is 0.258 e. The SMILES string of the molecule is Cc1ccc2c(c1)CCN(c1ccc(N3CCC(C)C3)c(F)c1)C2=O. The van der Waals surface area contributed by atoms with Crippen molar-refractivity contribution in [3.8, 4) is 0 Å². The molecule has 0 aliphatic carbocycles. The van der Waals surface area contributed by atoms with Gasteiger partial charge in [0.1, 0.15) is 5.82 Å². The van der Waals surface area contributed by atoms with Gasteiger partial charge in [0, 0.05) is 30.9 Å². The Kier molecular flexibility index (Phi) is 3.98. The number of aryl methyl sites for hydroxylation is 1. The minimum atomic E-state index is -0.242. The first kappa shape index (κ1) is 16.1. The molecule has 1 saturated heterocycles. The number of nitrogens with zero attached hydrogens (tertiary/aromatic N) is 2. The molecule has 130 valence electrons. The molecule has 1 unspecified atom stereocenters. The third-order valence-electron chi connectivity index (χ3n) is 5.35. The molecule has 2 heterocycles. The van der Waals surface area contributed by atoms with Gasteiger partial charge in [-0.25, -0.2) is 4.39 Å². The topological polar surface area (TPSA) is 23.6 Å². The van der Waals surface area contributed by atoms with E-state index in [1.165, 1.54) is 6.07 Å². The first-order chi connectivity index (χ1) is 12.0. The summed E-state index contributed by atoms with van der Waals surface area (Å²) in [6.07, 6.45) is 1.90. The van der Waals surface area contributed by atoms with Crippen molar-refractivity contribution in [2.75, 3.05) is 29.4 Å². The highest BCUT2D eigenvalue weighted by molar-refractivity contribution is 6.08. The predicted molar refractivity (Wildman–Crippen MR) is 99.0 cm³/mol. The second-order valence-corrected chi connectivity index (χ2v) is 7.34. The third kappa shape index (κ3) is 2.90. The molecule has 2 aliphatic heterocycles. The number of hydrogen-bond acceptors (Lipinski definition) is 2. The largest absolute Gasteiger partial charge is 0.369 e. The number of carbonyl (C=O) groups is 1. The number of amides is 1. The van der Waals surface area contributed by atoms with Crippen LogP contribution in [-0.2, 0) is 6.42 Å². The van der Waals surface area contributed by atoms with Crippen molar-refractivity contribution in [1.82, 2.24) is 0 Å². The molecule has 1 atom stereocenters. The summed E-state index contributed by atoms with van der Waals surface area (Å²) in [5, 5.41) is 0. The van der Waals surface area contributed by atoms with Gasteiger partial charge < -0.3 is 9.80 Å². The van der Waals surface area contributed by atoms with Crippen LogP contribution < -0.4 is 9.80 Å². The van der Waals surface area contributed by atoms with E-state index in [0.717, 1.165) is 42.6 Å². The summed E-state index contributed by atoms with van der Waals surface area (Å²) >= 11 is 0. The number of halogens is 1. The quantitative estimate of drug-likeness (QED) is 0.820. The van der Waals surface area contributed by atoms with Crippen molar-refractivity contribution >= 4 is 17.3 Å². The Bertz CT molecular complexity index is 833. The summed E-state index contributed by atoms with van der Waals surface area (Å²) in [7, 11) is 0. The van der Waals surface area contributed by atoms with Crippen molar-refractivity contribution in [2.24, 2.45) is 5.92 Å². The van der Waals surface area contributed by atoms with Crippen LogP contribution in [0.25, 0.3) is 0 Å². The molecule has 0 saturated carbocycles. The molecule has 2 aromatic rings. The van der Waals surface area contributed by atoms with Gasteiger partial charge in [0.2, 0.25) is 0 Å². The third-order valence-corrected chi connectivity index (χ3v) is 5.35. The second kappa shape index (κ2) is 6.17. The molecule has 3 nitrogen and oxygen atoms in total. The van der Waals surface area contributed by atoms with E-state index in [4.69, 9.17) is 0 Å². The van der Waals surface area contributed by atoms with Crippen LogP contribution in [0, 0.1) is 18.7 Å². The van der Waals surface area contributed by atoms with Gasteiger partial charge in [-0.05, 0) is 55.5 Å². The van der Waals surface area contributed by atoms with Crippen molar-refractivity contribution in [3.05, 3.63) is 58.9 Å². The number of benzene rings is 2. The normalized spacial score (nSPS) is 20.1. The Balaban J connectivity index is 1.61. The fourth-order valence-electron chi connectivity index (χ4n) is 3.94. The highest BCUT2D eigenvalue weighted by atomic mass is 19.1. The Morgan fingerprint density at radius 3 is 2.68 bits per heavy atom. The van der Waals surface area contributed by atoms with Crippen molar-refractivity contribution in [2.45, 2.75) is 26.7 Å². The van der Waals surface area contributed by atoms with Crippen molar-refractivity contribution in [1.29, 1.82) is 0 Å². The standard InChI is InChI=1S/C21H23FN2O/c1-14-3-5-18-16(11-14)8-10-24(21(18)25)17-4-6-20(19(22)12-17)23-9-7-15(2)13-23/h3-6,11-12,15H,7-10,13H2,1-2H3. The minimum absolute atomic E-state index is 0.0387. The smallest absolute Gasteiger partial charge is 0.258 e. The number of anilines is 2. The Hall–Kier alpha value is -2.36. The van der Waals surface area contributed by atoms with E-state index in [0.29, 0.717) is 23.8 Å². The average molecular weight is 338 g/mol. The Morgan fingerprint density at radius 1 is 1.12 bits per heavy atom. The minimum Gasteiger partial charge on any atom is -0.369 e. The van der Waals surface area contributed by atoms with Gasteiger partial charge in [-0.15, -0.1) is 0 Å². The van der Waals surface area contributed by atoms with Gasteiger partial charge in [0.05, 0.1) is 5.69 Å². The van der Waals surface area contributed by atoms with Gasteiger partial charge in [-0.2, -0.15) is 0 Å². The molecule has 0 spiro atoms. The lowest BCUT2D eigenvalue weighted by Gasteiger charge is -2.29. The molecule has 25 heavy (non-hydrogen) atoms. The molecular formula is C21H23FN2O. The highest BCUT2D eigenvalue weighted by Gasteiger charge is 2.27. The fourth-order valence-corrected chi connectivity index (χ4v) is 3.94. The van der Waals surface area contributed by atoms with E-state index in [9.17, 15) is 9.18 Å². The molecular weight excluding hydrogens is 315 g/mol. The fraction of sp³-hybridized carbons (Fsp3) is 0.381. The van der Waals surface area contributed by atoms with Crippen LogP contribution in [0.1, 0.15) is 34.8 Å². The molecule has 1 fully saturated rings. The highest BCUT2D eigenvalue weighted by Crippen LogP contribution is 2.31. The van der Waals surface area contributed by atoms with Crippen LogP contribution in [0.3, 0.4) is 0 Å². The van der Waals surface area contributed by atoms with Gasteiger partial charge in [0.25, 0.3) is 5.91 Å². The Morgan fingerprint density at radius 2 is 1.96 bits per heavy atom.